The zero-order chi connectivity index (χ0) is 13.0. The third-order valence-corrected chi connectivity index (χ3v) is 2.13. The number of hydrogen-bond acceptors (Lipinski definition) is 6. The Labute approximate surface area is 101 Å². The highest BCUT2D eigenvalue weighted by molar-refractivity contribution is 6.00. The first-order chi connectivity index (χ1) is 8.02. The topological polar surface area (TPSA) is 59.1 Å². The minimum absolute atomic E-state index is 0.146. The molecule has 0 saturated carbocycles. The number of carbonyl (C=O) groups excluding carboxylic acids is 2. The van der Waals surface area contributed by atoms with Gasteiger partial charge in [0, 0.05) is 14.1 Å². The van der Waals surface area contributed by atoms with Crippen LogP contribution in [0.25, 0.3) is 0 Å². The first-order valence-electron chi connectivity index (χ1n) is 5.35. The molecule has 1 heterocycles. The summed E-state index contributed by atoms with van der Waals surface area (Å²) in [7, 11) is 3.24. The summed E-state index contributed by atoms with van der Waals surface area (Å²) in [4.78, 5) is 26.3. The van der Waals surface area contributed by atoms with Crippen molar-refractivity contribution in [1.29, 1.82) is 0 Å². The molecule has 0 bridgehead atoms. The van der Waals surface area contributed by atoms with Gasteiger partial charge in [-0.25, -0.2) is 9.59 Å². The molecule has 0 N–H and O–H groups in total. The number of likely N-dealkylation sites (N-methyl/N-ethyl adjacent to an activating group) is 2. The number of carbonyl (C=O) groups is 2. The van der Waals surface area contributed by atoms with Crippen LogP contribution in [-0.2, 0) is 19.1 Å². The molecule has 94 valence electrons. The van der Waals surface area contributed by atoms with Crippen LogP contribution in [0.3, 0.4) is 0 Å². The van der Waals surface area contributed by atoms with E-state index in [-0.39, 0.29) is 24.6 Å². The predicted octanol–water partition coefficient (Wildman–Crippen LogP) is 0.198. The van der Waals surface area contributed by atoms with Crippen molar-refractivity contribution >= 4 is 11.9 Å². The first-order valence-corrected chi connectivity index (χ1v) is 5.35. The van der Waals surface area contributed by atoms with E-state index in [0.29, 0.717) is 0 Å². The summed E-state index contributed by atoms with van der Waals surface area (Å²) in [6, 6.07) is 0. The number of rotatable bonds is 4. The number of ether oxygens (including phenoxy) is 2. The van der Waals surface area contributed by atoms with E-state index in [1.54, 1.807) is 27.9 Å². The average Bonchev–Trinajstić information content (AvgIpc) is 2.54. The van der Waals surface area contributed by atoms with Crippen LogP contribution >= 0.6 is 0 Å². The summed E-state index contributed by atoms with van der Waals surface area (Å²) in [5.41, 5.74) is 0.292. The van der Waals surface area contributed by atoms with E-state index in [2.05, 4.69) is 6.67 Å². The summed E-state index contributed by atoms with van der Waals surface area (Å²) in [6.45, 7) is 6.68. The normalized spacial score (nSPS) is 15.3. The molecule has 17 heavy (non-hydrogen) atoms. The Kier molecular flexibility index (Phi) is 4.37. The summed E-state index contributed by atoms with van der Waals surface area (Å²) >= 11 is 0. The fourth-order valence-corrected chi connectivity index (χ4v) is 1.51. The molecule has 1 aliphatic heterocycles. The molecule has 0 fully saturated rings. The fraction of sp³-hybridized carbons (Fsp3) is 0.545. The molecule has 1 aliphatic rings. The lowest BCUT2D eigenvalue weighted by molar-refractivity contribution is -0.143. The van der Waals surface area contributed by atoms with Gasteiger partial charge < -0.3 is 19.3 Å². The zero-order valence-corrected chi connectivity index (χ0v) is 10.4. The molecule has 6 nitrogen and oxygen atoms in total. The number of hydrogen-bond donors (Lipinski definition) is 0. The first kappa shape index (κ1) is 13.3. The molecular weight excluding hydrogens is 224 g/mol. The third kappa shape index (κ3) is 2.69. The van der Waals surface area contributed by atoms with E-state index in [0.717, 1.165) is 0 Å². The Bertz CT molecular complexity index is 319. The van der Waals surface area contributed by atoms with Gasteiger partial charge in [0.2, 0.25) is 6.67 Å². The third-order valence-electron chi connectivity index (χ3n) is 2.13. The van der Waals surface area contributed by atoms with E-state index >= 15 is 0 Å². The van der Waals surface area contributed by atoms with Gasteiger partial charge in [-0.2, -0.15) is 0 Å². The van der Waals surface area contributed by atoms with Gasteiger partial charge in [0.25, 0.3) is 0 Å². The van der Waals surface area contributed by atoms with E-state index < -0.39 is 11.9 Å². The predicted molar refractivity (Wildman–Crippen MR) is 59.1 cm³/mol. The highest BCUT2D eigenvalue weighted by Gasteiger charge is 2.36. The Morgan fingerprint density at radius 1 is 1.00 bits per heavy atom. The average molecular weight is 240 g/mol. The summed E-state index contributed by atoms with van der Waals surface area (Å²) in [6.07, 6.45) is 0. The molecule has 6 heteroatoms. The highest BCUT2D eigenvalue weighted by atomic mass is 16.5. The summed E-state index contributed by atoms with van der Waals surface area (Å²) in [5, 5.41) is 0. The van der Waals surface area contributed by atoms with E-state index in [1.165, 1.54) is 9.80 Å². The standard InChI is InChI=1S/C11H16N2O4/c1-5-16-10(14)8-9(11(15)17-6-2)13(4)7-12(8)3/h5-6H2,1-4H3. The smallest absolute Gasteiger partial charge is 0.357 e. The lowest BCUT2D eigenvalue weighted by Gasteiger charge is -2.12. The largest absolute Gasteiger partial charge is 0.461 e. The van der Waals surface area contributed by atoms with E-state index in [1.807, 2.05) is 0 Å². The maximum absolute atomic E-state index is 11.7. The SMILES string of the molecule is CCOC(=O)C1=C(C(=O)OCC)N(C)[C]N1C. The molecule has 0 spiro atoms. The van der Waals surface area contributed by atoms with Gasteiger partial charge in [0.15, 0.2) is 11.4 Å². The minimum Gasteiger partial charge on any atom is -0.461 e. The van der Waals surface area contributed by atoms with Gasteiger partial charge in [0.05, 0.1) is 13.2 Å². The van der Waals surface area contributed by atoms with Crippen LogP contribution in [0.15, 0.2) is 11.4 Å². The van der Waals surface area contributed by atoms with Crippen molar-refractivity contribution in [2.75, 3.05) is 27.3 Å². The number of nitrogens with zero attached hydrogens (tertiary/aromatic N) is 2. The van der Waals surface area contributed by atoms with Crippen LogP contribution in [-0.4, -0.2) is 49.0 Å². The van der Waals surface area contributed by atoms with Crippen molar-refractivity contribution in [3.63, 3.8) is 0 Å². The van der Waals surface area contributed by atoms with Gasteiger partial charge in [-0.15, -0.1) is 0 Å². The lowest BCUT2D eigenvalue weighted by Crippen LogP contribution is -2.22. The van der Waals surface area contributed by atoms with Gasteiger partial charge in [0.1, 0.15) is 0 Å². The van der Waals surface area contributed by atoms with Crippen molar-refractivity contribution in [3.8, 4) is 0 Å². The van der Waals surface area contributed by atoms with Crippen LogP contribution in [0.5, 0.6) is 0 Å². The van der Waals surface area contributed by atoms with Crippen molar-refractivity contribution in [1.82, 2.24) is 9.80 Å². The van der Waals surface area contributed by atoms with Crippen LogP contribution in [0.4, 0.5) is 0 Å². The van der Waals surface area contributed by atoms with Gasteiger partial charge >= 0.3 is 11.9 Å². The van der Waals surface area contributed by atoms with Crippen molar-refractivity contribution in [2.24, 2.45) is 0 Å². The van der Waals surface area contributed by atoms with Crippen LogP contribution in [0.2, 0.25) is 0 Å². The molecule has 0 saturated heterocycles. The van der Waals surface area contributed by atoms with Gasteiger partial charge in [-0.05, 0) is 13.8 Å². The second-order valence-corrected chi connectivity index (χ2v) is 3.36. The number of esters is 2. The van der Waals surface area contributed by atoms with Gasteiger partial charge in [-0.1, -0.05) is 0 Å². The Hall–Kier alpha value is -1.72. The molecule has 0 aromatic carbocycles. The molecule has 0 aliphatic carbocycles. The Balaban J connectivity index is 3.04. The van der Waals surface area contributed by atoms with Gasteiger partial charge in [-0.3, -0.25) is 0 Å². The fourth-order valence-electron chi connectivity index (χ4n) is 1.51. The van der Waals surface area contributed by atoms with Crippen LogP contribution in [0, 0.1) is 6.67 Å². The summed E-state index contributed by atoms with van der Waals surface area (Å²) in [5.74, 6) is -1.12. The molecular formula is C11H16N2O4. The maximum Gasteiger partial charge on any atom is 0.357 e. The maximum atomic E-state index is 11.7. The molecule has 0 unspecified atom stereocenters. The van der Waals surface area contributed by atoms with Crippen molar-refractivity contribution in [3.05, 3.63) is 18.1 Å². The molecule has 0 atom stereocenters. The van der Waals surface area contributed by atoms with E-state index in [4.69, 9.17) is 9.47 Å². The Morgan fingerprint density at radius 2 is 1.35 bits per heavy atom. The Morgan fingerprint density at radius 3 is 1.65 bits per heavy atom. The molecule has 0 amide bonds. The summed E-state index contributed by atoms with van der Waals surface area (Å²) < 4.78 is 9.78. The second-order valence-electron chi connectivity index (χ2n) is 3.36. The quantitative estimate of drug-likeness (QED) is 0.654. The lowest BCUT2D eigenvalue weighted by atomic mass is 10.3. The molecule has 0 aromatic rings. The monoisotopic (exact) mass is 240 g/mol. The van der Waals surface area contributed by atoms with Crippen LogP contribution < -0.4 is 0 Å². The highest BCUT2D eigenvalue weighted by Crippen LogP contribution is 2.25. The zero-order valence-electron chi connectivity index (χ0n) is 10.4. The van der Waals surface area contributed by atoms with E-state index in [9.17, 15) is 9.59 Å². The second kappa shape index (κ2) is 5.56. The minimum atomic E-state index is -0.560. The molecule has 0 aromatic heterocycles. The van der Waals surface area contributed by atoms with Crippen LogP contribution in [0.1, 0.15) is 13.8 Å². The van der Waals surface area contributed by atoms with Crippen molar-refractivity contribution < 1.29 is 19.1 Å². The molecule has 1 rings (SSSR count). The molecule has 2 radical (unpaired) electrons. The van der Waals surface area contributed by atoms with Crippen molar-refractivity contribution in [2.45, 2.75) is 13.8 Å².